The van der Waals surface area contributed by atoms with Gasteiger partial charge in [-0.3, -0.25) is 4.79 Å². The largest absolute Gasteiger partial charge is 0.444 e. The minimum atomic E-state index is -0.718. The molecule has 7 nitrogen and oxygen atoms in total. The smallest absolute Gasteiger partial charge is 0.408 e. The Morgan fingerprint density at radius 1 is 1.11 bits per heavy atom. The van der Waals surface area contributed by atoms with Crippen LogP contribution in [-0.4, -0.2) is 28.6 Å². The van der Waals surface area contributed by atoms with Crippen LogP contribution in [0.4, 0.5) is 22.0 Å². The Balaban J connectivity index is 2.06. The summed E-state index contributed by atoms with van der Waals surface area (Å²) in [6, 6.07) is 12.3. The van der Waals surface area contributed by atoms with Gasteiger partial charge in [-0.05, 0) is 51.5 Å². The summed E-state index contributed by atoms with van der Waals surface area (Å²) < 4.78 is 5.22. The molecule has 0 aliphatic carbocycles. The molecule has 0 fully saturated rings. The average Bonchev–Trinajstić information content (AvgIpc) is 2.60. The van der Waals surface area contributed by atoms with Crippen molar-refractivity contribution in [2.45, 2.75) is 45.8 Å². The summed E-state index contributed by atoms with van der Waals surface area (Å²) in [6.07, 6.45) is 1.43. The summed E-state index contributed by atoms with van der Waals surface area (Å²) in [5.41, 5.74) is 0.746. The molecular formula is C20H26N4O3. The molecule has 2 rings (SSSR count). The van der Waals surface area contributed by atoms with E-state index in [-0.39, 0.29) is 5.91 Å². The van der Waals surface area contributed by atoms with E-state index in [9.17, 15) is 9.59 Å². The number of amides is 2. The van der Waals surface area contributed by atoms with Crippen LogP contribution < -0.4 is 16.0 Å². The van der Waals surface area contributed by atoms with E-state index >= 15 is 0 Å². The molecule has 0 radical (unpaired) electrons. The van der Waals surface area contributed by atoms with Crippen molar-refractivity contribution in [3.05, 3.63) is 48.7 Å². The normalized spacial score (nSPS) is 12.0. The van der Waals surface area contributed by atoms with Crippen LogP contribution in [0.1, 0.15) is 34.1 Å². The molecule has 1 aromatic heterocycles. The number of anilines is 3. The lowest BCUT2D eigenvalue weighted by Gasteiger charge is -2.23. The van der Waals surface area contributed by atoms with Crippen LogP contribution in [0.2, 0.25) is 0 Å². The van der Waals surface area contributed by atoms with Crippen LogP contribution >= 0.6 is 0 Å². The van der Waals surface area contributed by atoms with Crippen molar-refractivity contribution in [2.24, 2.45) is 0 Å². The topological polar surface area (TPSA) is 92.3 Å². The zero-order chi connectivity index (χ0) is 19.9. The highest BCUT2D eigenvalue weighted by Crippen LogP contribution is 2.22. The Morgan fingerprint density at radius 3 is 2.44 bits per heavy atom. The Labute approximate surface area is 159 Å². The van der Waals surface area contributed by atoms with Crippen LogP contribution in [0, 0.1) is 0 Å². The highest BCUT2D eigenvalue weighted by Gasteiger charge is 2.23. The second-order valence-electron chi connectivity index (χ2n) is 6.99. The Morgan fingerprint density at radius 2 is 1.81 bits per heavy atom. The van der Waals surface area contributed by atoms with Crippen LogP contribution in [-0.2, 0) is 9.53 Å². The molecule has 0 spiro atoms. The SMILES string of the molecule is CCC(NC(=O)OC(C)(C)C)C(=O)Nc1cccnc1Nc1ccccc1. The third kappa shape index (κ3) is 6.62. The number of carbonyl (C=O) groups is 2. The molecule has 1 atom stereocenters. The lowest BCUT2D eigenvalue weighted by molar-refractivity contribution is -0.118. The van der Waals surface area contributed by atoms with Crippen molar-refractivity contribution >= 4 is 29.2 Å². The first-order valence-corrected chi connectivity index (χ1v) is 8.86. The summed E-state index contributed by atoms with van der Waals surface area (Å²) in [4.78, 5) is 28.9. The van der Waals surface area contributed by atoms with E-state index in [0.29, 0.717) is 17.9 Å². The van der Waals surface area contributed by atoms with E-state index in [0.717, 1.165) is 5.69 Å². The van der Waals surface area contributed by atoms with Crippen molar-refractivity contribution in [3.8, 4) is 0 Å². The number of carbonyl (C=O) groups excluding carboxylic acids is 2. The number of para-hydroxylation sites is 1. The van der Waals surface area contributed by atoms with Crippen LogP contribution in [0.5, 0.6) is 0 Å². The van der Waals surface area contributed by atoms with E-state index in [4.69, 9.17) is 4.74 Å². The molecule has 27 heavy (non-hydrogen) atoms. The highest BCUT2D eigenvalue weighted by atomic mass is 16.6. The summed E-state index contributed by atoms with van der Waals surface area (Å²) >= 11 is 0. The molecule has 2 aromatic rings. The molecule has 144 valence electrons. The van der Waals surface area contributed by atoms with Gasteiger partial charge in [0.15, 0.2) is 5.82 Å². The van der Waals surface area contributed by atoms with Gasteiger partial charge < -0.3 is 20.7 Å². The molecule has 0 aliphatic rings. The Kier molecular flexibility index (Phi) is 6.76. The molecule has 1 unspecified atom stereocenters. The number of hydrogen-bond acceptors (Lipinski definition) is 5. The van der Waals surface area contributed by atoms with Crippen molar-refractivity contribution < 1.29 is 14.3 Å². The van der Waals surface area contributed by atoms with Gasteiger partial charge in [-0.2, -0.15) is 0 Å². The molecule has 3 N–H and O–H groups in total. The maximum atomic E-state index is 12.6. The number of alkyl carbamates (subject to hydrolysis) is 1. The molecule has 0 saturated carbocycles. The Bertz CT molecular complexity index is 772. The van der Waals surface area contributed by atoms with Gasteiger partial charge in [0.05, 0.1) is 5.69 Å². The minimum absolute atomic E-state index is 0.340. The molecule has 0 bridgehead atoms. The van der Waals surface area contributed by atoms with Gasteiger partial charge >= 0.3 is 6.09 Å². The number of pyridine rings is 1. The molecule has 1 heterocycles. The third-order valence-electron chi connectivity index (χ3n) is 3.52. The van der Waals surface area contributed by atoms with Crippen molar-refractivity contribution in [3.63, 3.8) is 0 Å². The van der Waals surface area contributed by atoms with E-state index in [1.54, 1.807) is 39.1 Å². The van der Waals surface area contributed by atoms with Gasteiger partial charge in [-0.1, -0.05) is 25.1 Å². The lowest BCUT2D eigenvalue weighted by Crippen LogP contribution is -2.45. The first-order valence-electron chi connectivity index (χ1n) is 8.86. The predicted molar refractivity (Wildman–Crippen MR) is 106 cm³/mol. The molecule has 7 heteroatoms. The predicted octanol–water partition coefficient (Wildman–Crippen LogP) is 4.07. The lowest BCUT2D eigenvalue weighted by atomic mass is 10.2. The second kappa shape index (κ2) is 9.02. The number of benzene rings is 1. The van der Waals surface area contributed by atoms with Gasteiger partial charge in [0.25, 0.3) is 0 Å². The molecule has 0 saturated heterocycles. The number of hydrogen-bond donors (Lipinski definition) is 3. The summed E-state index contributed by atoms with van der Waals surface area (Å²) in [7, 11) is 0. The van der Waals surface area contributed by atoms with Gasteiger partial charge in [0.1, 0.15) is 11.6 Å². The monoisotopic (exact) mass is 370 g/mol. The van der Waals surface area contributed by atoms with E-state index in [2.05, 4.69) is 20.9 Å². The molecular weight excluding hydrogens is 344 g/mol. The fraction of sp³-hybridized carbons (Fsp3) is 0.350. The van der Waals surface area contributed by atoms with Crippen molar-refractivity contribution in [2.75, 3.05) is 10.6 Å². The first kappa shape index (κ1) is 20.2. The minimum Gasteiger partial charge on any atom is -0.444 e. The van der Waals surface area contributed by atoms with E-state index in [1.165, 1.54) is 0 Å². The van der Waals surface area contributed by atoms with E-state index < -0.39 is 17.7 Å². The number of nitrogens with zero attached hydrogens (tertiary/aromatic N) is 1. The zero-order valence-electron chi connectivity index (χ0n) is 16.1. The standard InChI is InChI=1S/C20H26N4O3/c1-5-15(24-19(26)27-20(2,3)4)18(25)23-16-12-9-13-21-17(16)22-14-10-7-6-8-11-14/h6-13,15H,5H2,1-4H3,(H,21,22)(H,23,25)(H,24,26). The Hall–Kier alpha value is -3.09. The highest BCUT2D eigenvalue weighted by molar-refractivity contribution is 5.98. The van der Waals surface area contributed by atoms with Gasteiger partial charge in [-0.15, -0.1) is 0 Å². The average molecular weight is 370 g/mol. The summed E-state index contributed by atoms with van der Waals surface area (Å²) in [6.45, 7) is 7.12. The summed E-state index contributed by atoms with van der Waals surface area (Å²) in [5, 5.41) is 8.58. The van der Waals surface area contributed by atoms with Gasteiger partial charge in [0, 0.05) is 11.9 Å². The van der Waals surface area contributed by atoms with Crippen LogP contribution in [0.3, 0.4) is 0 Å². The summed E-state index contributed by atoms with van der Waals surface area (Å²) in [5.74, 6) is 0.177. The second-order valence-corrected chi connectivity index (χ2v) is 6.99. The maximum absolute atomic E-state index is 12.6. The first-order chi connectivity index (χ1) is 12.8. The molecule has 0 aliphatic heterocycles. The number of rotatable bonds is 6. The fourth-order valence-corrected chi connectivity index (χ4v) is 2.29. The van der Waals surface area contributed by atoms with E-state index in [1.807, 2.05) is 37.3 Å². The molecule has 1 aromatic carbocycles. The van der Waals surface area contributed by atoms with Crippen LogP contribution in [0.15, 0.2) is 48.7 Å². The van der Waals surface area contributed by atoms with Gasteiger partial charge in [-0.25, -0.2) is 9.78 Å². The molecule has 2 amide bonds. The maximum Gasteiger partial charge on any atom is 0.408 e. The quantitative estimate of drug-likeness (QED) is 0.713. The fourth-order valence-electron chi connectivity index (χ4n) is 2.29. The van der Waals surface area contributed by atoms with Crippen molar-refractivity contribution in [1.82, 2.24) is 10.3 Å². The number of ether oxygens (including phenoxy) is 1. The van der Waals surface area contributed by atoms with Crippen molar-refractivity contribution in [1.29, 1.82) is 0 Å². The number of aromatic nitrogens is 1. The van der Waals surface area contributed by atoms with Gasteiger partial charge in [0.2, 0.25) is 5.91 Å². The number of nitrogens with one attached hydrogen (secondary N) is 3. The zero-order valence-corrected chi connectivity index (χ0v) is 16.1. The van der Waals surface area contributed by atoms with Crippen LogP contribution in [0.25, 0.3) is 0 Å². The third-order valence-corrected chi connectivity index (χ3v) is 3.52.